The van der Waals surface area contributed by atoms with E-state index in [0.29, 0.717) is 0 Å². The lowest BCUT2D eigenvalue weighted by Crippen LogP contribution is -2.36. The van der Waals surface area contributed by atoms with Crippen molar-refractivity contribution in [2.75, 3.05) is 0 Å². The van der Waals surface area contributed by atoms with E-state index in [-0.39, 0.29) is 0 Å². The van der Waals surface area contributed by atoms with Crippen LogP contribution in [0.4, 0.5) is 0 Å². The van der Waals surface area contributed by atoms with Crippen molar-refractivity contribution in [2.45, 2.75) is 38.5 Å². The molecule has 2 N–H and O–H groups in total. The molecule has 4 heteroatoms. The Labute approximate surface area is 110 Å². The highest BCUT2D eigenvalue weighted by molar-refractivity contribution is 9.10. The van der Waals surface area contributed by atoms with Gasteiger partial charge in [0.25, 0.3) is 0 Å². The first-order valence-corrected chi connectivity index (χ1v) is 6.27. The molecule has 2 unspecified atom stereocenters. The summed E-state index contributed by atoms with van der Waals surface area (Å²) < 4.78 is 6.61. The summed E-state index contributed by atoms with van der Waals surface area (Å²) in [4.78, 5) is 11.1. The molecule has 94 valence electrons. The van der Waals surface area contributed by atoms with Gasteiger partial charge in [-0.05, 0) is 38.5 Å². The van der Waals surface area contributed by atoms with Crippen molar-refractivity contribution in [3.8, 4) is 0 Å². The van der Waals surface area contributed by atoms with E-state index in [1.807, 2.05) is 45.0 Å². The summed E-state index contributed by atoms with van der Waals surface area (Å²) in [5.41, 5.74) is 6.53. The Morgan fingerprint density at radius 2 is 1.82 bits per heavy atom. The number of halogens is 1. The predicted octanol–water partition coefficient (Wildman–Crippen LogP) is 2.83. The van der Waals surface area contributed by atoms with Crippen molar-refractivity contribution >= 4 is 22.2 Å². The van der Waals surface area contributed by atoms with Gasteiger partial charge in [-0.3, -0.25) is 0 Å². The molecule has 0 fully saturated rings. The third-order valence-electron chi connectivity index (χ3n) is 2.23. The minimum Gasteiger partial charge on any atom is -0.363 e. The first-order chi connectivity index (χ1) is 7.83. The fourth-order valence-electron chi connectivity index (χ4n) is 1.47. The van der Waals surface area contributed by atoms with E-state index in [1.54, 1.807) is 0 Å². The van der Waals surface area contributed by atoms with Gasteiger partial charge in [-0.15, -0.1) is 0 Å². The molecule has 1 aromatic carbocycles. The van der Waals surface area contributed by atoms with E-state index in [4.69, 9.17) is 10.5 Å². The number of nitrogens with two attached hydrogens (primary N) is 1. The molecule has 0 heterocycles. The largest absolute Gasteiger partial charge is 0.363 e. The molecule has 1 aromatic rings. The van der Waals surface area contributed by atoms with Crippen LogP contribution in [0.15, 0.2) is 28.7 Å². The Balaban J connectivity index is 2.82. The highest BCUT2D eigenvalue weighted by Gasteiger charge is 2.25. The third-order valence-corrected chi connectivity index (χ3v) is 2.76. The van der Waals surface area contributed by atoms with Gasteiger partial charge in [-0.25, -0.2) is 0 Å². The average Bonchev–Trinajstić information content (AvgIpc) is 2.25. The van der Waals surface area contributed by atoms with E-state index in [9.17, 15) is 4.79 Å². The van der Waals surface area contributed by atoms with Crippen LogP contribution in [0.5, 0.6) is 0 Å². The predicted molar refractivity (Wildman–Crippen MR) is 71.8 cm³/mol. The molecule has 0 saturated heterocycles. The summed E-state index contributed by atoms with van der Waals surface area (Å²) in [6.45, 7) is 5.70. The number of benzene rings is 1. The number of carbonyl (C=O) groups is 1. The van der Waals surface area contributed by atoms with Gasteiger partial charge in [0, 0.05) is 4.47 Å². The number of hydrogen-bond donors (Lipinski definition) is 1. The van der Waals surface area contributed by atoms with Crippen molar-refractivity contribution < 1.29 is 9.53 Å². The van der Waals surface area contributed by atoms with Gasteiger partial charge in [0.1, 0.15) is 6.10 Å². The molecule has 0 spiro atoms. The summed E-state index contributed by atoms with van der Waals surface area (Å²) in [6, 6.07) is 7.12. The highest BCUT2D eigenvalue weighted by Crippen LogP contribution is 2.22. The second kappa shape index (κ2) is 5.76. The van der Waals surface area contributed by atoms with Gasteiger partial charge in [0.05, 0.1) is 11.6 Å². The van der Waals surface area contributed by atoms with E-state index in [2.05, 4.69) is 15.9 Å². The lowest BCUT2D eigenvalue weighted by Gasteiger charge is -2.28. The van der Waals surface area contributed by atoms with Crippen LogP contribution in [0, 0.1) is 0 Å². The first-order valence-electron chi connectivity index (χ1n) is 5.47. The molecule has 2 atom stereocenters. The monoisotopic (exact) mass is 299 g/mol. The average molecular weight is 300 g/mol. The van der Waals surface area contributed by atoms with Crippen LogP contribution in [0.25, 0.3) is 0 Å². The minimum atomic E-state index is -0.629. The molecule has 0 aliphatic heterocycles. The standard InChI is InChI=1S/C13H18BrNO2/c1-13(2,3)17-11(8-16)12(15)9-4-6-10(14)7-5-9/h4-8,11-12H,15H2,1-3H3. The van der Waals surface area contributed by atoms with Gasteiger partial charge in [0.15, 0.2) is 6.29 Å². The Bertz CT molecular complexity index is 370. The Kier molecular flexibility index (Phi) is 4.86. The second-order valence-electron chi connectivity index (χ2n) is 4.91. The second-order valence-corrected chi connectivity index (χ2v) is 5.82. The maximum absolute atomic E-state index is 11.1. The van der Waals surface area contributed by atoms with Crippen LogP contribution in [-0.2, 0) is 9.53 Å². The molecule has 1 rings (SSSR count). The third kappa shape index (κ3) is 4.58. The number of ether oxygens (including phenoxy) is 1. The summed E-state index contributed by atoms with van der Waals surface area (Å²) in [6.07, 6.45) is 0.133. The quantitative estimate of drug-likeness (QED) is 0.870. The number of aldehydes is 1. The zero-order valence-corrected chi connectivity index (χ0v) is 11.9. The Morgan fingerprint density at radius 3 is 2.24 bits per heavy atom. The molecule has 0 saturated carbocycles. The van der Waals surface area contributed by atoms with Gasteiger partial charge >= 0.3 is 0 Å². The van der Waals surface area contributed by atoms with E-state index >= 15 is 0 Å². The number of rotatable bonds is 4. The molecule has 0 aliphatic carbocycles. The normalized spacial score (nSPS) is 15.4. The summed E-state index contributed by atoms with van der Waals surface area (Å²) in [5.74, 6) is 0. The van der Waals surface area contributed by atoms with Crippen LogP contribution in [-0.4, -0.2) is 18.0 Å². The van der Waals surface area contributed by atoms with Crippen molar-refractivity contribution in [3.63, 3.8) is 0 Å². The van der Waals surface area contributed by atoms with E-state index < -0.39 is 17.7 Å². The van der Waals surface area contributed by atoms with Gasteiger partial charge in [0.2, 0.25) is 0 Å². The maximum Gasteiger partial charge on any atom is 0.150 e. The zero-order valence-electron chi connectivity index (χ0n) is 10.3. The molecule has 0 aliphatic rings. The number of carbonyl (C=O) groups excluding carboxylic acids is 1. The maximum atomic E-state index is 11.1. The number of hydrogen-bond acceptors (Lipinski definition) is 3. The topological polar surface area (TPSA) is 52.3 Å². The van der Waals surface area contributed by atoms with Crippen molar-refractivity contribution in [1.29, 1.82) is 0 Å². The van der Waals surface area contributed by atoms with Crippen molar-refractivity contribution in [2.24, 2.45) is 5.73 Å². The summed E-state index contributed by atoms with van der Waals surface area (Å²) in [7, 11) is 0. The Hall–Kier alpha value is -0.710. The van der Waals surface area contributed by atoms with Gasteiger partial charge in [-0.1, -0.05) is 28.1 Å². The molecular weight excluding hydrogens is 282 g/mol. The molecule has 0 bridgehead atoms. The van der Waals surface area contributed by atoms with Crippen LogP contribution in [0.3, 0.4) is 0 Å². The van der Waals surface area contributed by atoms with Crippen LogP contribution in [0.1, 0.15) is 32.4 Å². The SMILES string of the molecule is CC(C)(C)OC(C=O)C(N)c1ccc(Br)cc1. The fourth-order valence-corrected chi connectivity index (χ4v) is 1.73. The van der Waals surface area contributed by atoms with E-state index in [1.165, 1.54) is 0 Å². The van der Waals surface area contributed by atoms with Crippen LogP contribution in [0.2, 0.25) is 0 Å². The summed E-state index contributed by atoms with van der Waals surface area (Å²) in [5, 5.41) is 0. The van der Waals surface area contributed by atoms with Gasteiger partial charge < -0.3 is 15.3 Å². The molecule has 0 amide bonds. The first kappa shape index (κ1) is 14.4. The molecule has 3 nitrogen and oxygen atoms in total. The molecule has 0 aromatic heterocycles. The zero-order chi connectivity index (χ0) is 13.1. The van der Waals surface area contributed by atoms with Crippen molar-refractivity contribution in [1.82, 2.24) is 0 Å². The van der Waals surface area contributed by atoms with Gasteiger partial charge in [-0.2, -0.15) is 0 Å². The van der Waals surface area contributed by atoms with Crippen molar-refractivity contribution in [3.05, 3.63) is 34.3 Å². The lowest BCUT2D eigenvalue weighted by molar-refractivity contribution is -0.130. The van der Waals surface area contributed by atoms with Crippen LogP contribution >= 0.6 is 15.9 Å². The fraction of sp³-hybridized carbons (Fsp3) is 0.462. The lowest BCUT2D eigenvalue weighted by atomic mass is 10.0. The Morgan fingerprint density at radius 1 is 1.29 bits per heavy atom. The van der Waals surface area contributed by atoms with Crippen LogP contribution < -0.4 is 5.73 Å². The highest BCUT2D eigenvalue weighted by atomic mass is 79.9. The smallest absolute Gasteiger partial charge is 0.150 e. The summed E-state index contributed by atoms with van der Waals surface area (Å²) >= 11 is 3.36. The minimum absolute atomic E-state index is 0.390. The molecular formula is C13H18BrNO2. The molecule has 17 heavy (non-hydrogen) atoms. The molecule has 0 radical (unpaired) electrons. The van der Waals surface area contributed by atoms with E-state index in [0.717, 1.165) is 16.3 Å².